The van der Waals surface area contributed by atoms with E-state index in [2.05, 4.69) is 10.1 Å². The number of rotatable bonds is 2. The Morgan fingerprint density at radius 1 is 1.40 bits per heavy atom. The molecule has 0 amide bonds. The fourth-order valence-corrected chi connectivity index (χ4v) is 1.44. The van der Waals surface area contributed by atoms with Crippen LogP contribution in [-0.4, -0.2) is 10.1 Å². The molecule has 0 saturated heterocycles. The Morgan fingerprint density at radius 3 is 2.80 bits per heavy atom. The Kier molecular flexibility index (Phi) is 2.88. The molecule has 2 rings (SSSR count). The van der Waals surface area contributed by atoms with E-state index in [4.69, 9.17) is 27.7 Å². The van der Waals surface area contributed by atoms with Crippen molar-refractivity contribution in [3.63, 3.8) is 0 Å². The summed E-state index contributed by atoms with van der Waals surface area (Å²) >= 11 is 11.3. The summed E-state index contributed by atoms with van der Waals surface area (Å²) in [5.41, 5.74) is 0.488. The average molecular weight is 247 g/mol. The highest BCUT2D eigenvalue weighted by atomic mass is 35.5. The number of benzene rings is 1. The second-order valence-electron chi connectivity index (χ2n) is 2.77. The number of hydrogen-bond donors (Lipinski definition) is 0. The van der Waals surface area contributed by atoms with Gasteiger partial charge >= 0.3 is 0 Å². The predicted molar refractivity (Wildman–Crippen MR) is 54.3 cm³/mol. The second kappa shape index (κ2) is 4.16. The van der Waals surface area contributed by atoms with Crippen LogP contribution in [0.15, 0.2) is 22.7 Å². The molecule has 15 heavy (non-hydrogen) atoms. The summed E-state index contributed by atoms with van der Waals surface area (Å²) in [6.07, 6.45) is 0. The van der Waals surface area contributed by atoms with Gasteiger partial charge in [0.2, 0.25) is 0 Å². The summed E-state index contributed by atoms with van der Waals surface area (Å²) in [7, 11) is 0. The fourth-order valence-electron chi connectivity index (χ4n) is 1.08. The van der Waals surface area contributed by atoms with Crippen LogP contribution in [0.4, 0.5) is 4.39 Å². The van der Waals surface area contributed by atoms with Crippen molar-refractivity contribution in [3.8, 4) is 11.5 Å². The minimum atomic E-state index is -0.416. The zero-order chi connectivity index (χ0) is 10.8. The van der Waals surface area contributed by atoms with Gasteiger partial charge in [-0.05, 0) is 18.2 Å². The lowest BCUT2D eigenvalue weighted by molar-refractivity contribution is 0.425. The van der Waals surface area contributed by atoms with Gasteiger partial charge in [-0.3, -0.25) is 0 Å². The average Bonchev–Trinajstić information content (AvgIpc) is 2.66. The minimum absolute atomic E-state index is 0.155. The van der Waals surface area contributed by atoms with Crippen molar-refractivity contribution in [3.05, 3.63) is 34.9 Å². The lowest BCUT2D eigenvalue weighted by Gasteiger charge is -1.97. The molecule has 0 aliphatic rings. The highest BCUT2D eigenvalue weighted by Gasteiger charge is 2.12. The maximum Gasteiger partial charge on any atom is 0.259 e. The molecule has 0 unspecified atom stereocenters. The summed E-state index contributed by atoms with van der Waals surface area (Å²) in [6.45, 7) is 0. The van der Waals surface area contributed by atoms with Crippen molar-refractivity contribution in [2.45, 2.75) is 5.88 Å². The Bertz CT molecular complexity index is 487. The van der Waals surface area contributed by atoms with Gasteiger partial charge in [0.15, 0.2) is 5.82 Å². The van der Waals surface area contributed by atoms with Crippen molar-refractivity contribution in [2.24, 2.45) is 0 Å². The number of nitrogens with zero attached hydrogens (tertiary/aromatic N) is 2. The molecular formula is C9H5Cl2FN2O. The zero-order valence-electron chi connectivity index (χ0n) is 7.38. The molecule has 0 spiro atoms. The van der Waals surface area contributed by atoms with Crippen molar-refractivity contribution in [1.82, 2.24) is 10.1 Å². The fraction of sp³-hybridized carbons (Fsp3) is 0.111. The third-order valence-electron chi connectivity index (χ3n) is 1.75. The van der Waals surface area contributed by atoms with Crippen molar-refractivity contribution in [1.29, 1.82) is 0 Å². The van der Waals surface area contributed by atoms with Crippen LogP contribution in [0.1, 0.15) is 5.82 Å². The topological polar surface area (TPSA) is 38.9 Å². The third kappa shape index (κ3) is 2.11. The first kappa shape index (κ1) is 10.4. The van der Waals surface area contributed by atoms with E-state index in [1.165, 1.54) is 18.2 Å². The van der Waals surface area contributed by atoms with E-state index in [1.54, 1.807) is 0 Å². The standard InChI is InChI=1S/C9H5Cl2FN2O/c10-4-8-13-9(15-14-8)6-2-1-5(12)3-7(6)11/h1-3H,4H2. The van der Waals surface area contributed by atoms with Crippen LogP contribution in [-0.2, 0) is 5.88 Å². The highest BCUT2D eigenvalue weighted by molar-refractivity contribution is 6.33. The molecule has 1 aromatic heterocycles. The zero-order valence-corrected chi connectivity index (χ0v) is 8.89. The lowest BCUT2D eigenvalue weighted by atomic mass is 10.2. The Morgan fingerprint density at radius 2 is 2.20 bits per heavy atom. The Hall–Kier alpha value is -1.13. The van der Waals surface area contributed by atoms with Gasteiger partial charge in [0.05, 0.1) is 16.5 Å². The van der Waals surface area contributed by atoms with Crippen LogP contribution in [0.25, 0.3) is 11.5 Å². The summed E-state index contributed by atoms with van der Waals surface area (Å²) in [4.78, 5) is 3.97. The van der Waals surface area contributed by atoms with Crippen molar-refractivity contribution < 1.29 is 8.91 Å². The molecule has 0 aliphatic carbocycles. The van der Waals surface area contributed by atoms with Gasteiger partial charge in [-0.25, -0.2) is 4.39 Å². The molecule has 3 nitrogen and oxygen atoms in total. The number of hydrogen-bond acceptors (Lipinski definition) is 3. The molecule has 1 aromatic carbocycles. The van der Waals surface area contributed by atoms with Gasteiger partial charge < -0.3 is 4.52 Å². The van der Waals surface area contributed by atoms with Crippen molar-refractivity contribution in [2.75, 3.05) is 0 Å². The first-order valence-electron chi connectivity index (χ1n) is 4.04. The molecule has 0 bridgehead atoms. The smallest absolute Gasteiger partial charge is 0.259 e. The molecule has 0 fully saturated rings. The van der Waals surface area contributed by atoms with E-state index in [1.807, 2.05) is 0 Å². The third-order valence-corrected chi connectivity index (χ3v) is 2.30. The quantitative estimate of drug-likeness (QED) is 0.764. The maximum absolute atomic E-state index is 12.8. The summed E-state index contributed by atoms with van der Waals surface area (Å²) in [5, 5.41) is 3.83. The molecule has 0 saturated carbocycles. The van der Waals surface area contributed by atoms with Gasteiger partial charge in [0.1, 0.15) is 5.82 Å². The van der Waals surface area contributed by atoms with E-state index in [-0.39, 0.29) is 16.8 Å². The molecule has 6 heteroatoms. The second-order valence-corrected chi connectivity index (χ2v) is 3.45. The number of aromatic nitrogens is 2. The molecule has 1 heterocycles. The van der Waals surface area contributed by atoms with Crippen LogP contribution < -0.4 is 0 Å². The molecule has 0 radical (unpaired) electrons. The molecule has 78 valence electrons. The number of halogens is 3. The summed E-state index contributed by atoms with van der Waals surface area (Å²) < 4.78 is 17.7. The molecular weight excluding hydrogens is 242 g/mol. The minimum Gasteiger partial charge on any atom is -0.334 e. The van der Waals surface area contributed by atoms with Crippen LogP contribution in [0.3, 0.4) is 0 Å². The number of alkyl halides is 1. The Balaban J connectivity index is 2.44. The Labute approximate surface area is 94.8 Å². The summed E-state index contributed by atoms with van der Waals surface area (Å²) in [6, 6.07) is 3.93. The highest BCUT2D eigenvalue weighted by Crippen LogP contribution is 2.27. The summed E-state index contributed by atoms with van der Waals surface area (Å²) in [5.74, 6) is 0.339. The van der Waals surface area contributed by atoms with E-state index in [9.17, 15) is 4.39 Å². The van der Waals surface area contributed by atoms with E-state index in [0.29, 0.717) is 11.4 Å². The largest absolute Gasteiger partial charge is 0.334 e. The molecule has 0 atom stereocenters. The van der Waals surface area contributed by atoms with Crippen LogP contribution in [0, 0.1) is 5.82 Å². The normalized spacial score (nSPS) is 10.6. The molecule has 0 N–H and O–H groups in total. The van der Waals surface area contributed by atoms with E-state index in [0.717, 1.165) is 0 Å². The molecule has 0 aliphatic heterocycles. The van der Waals surface area contributed by atoms with Crippen LogP contribution in [0.5, 0.6) is 0 Å². The van der Waals surface area contributed by atoms with Gasteiger partial charge in [-0.2, -0.15) is 4.98 Å². The lowest BCUT2D eigenvalue weighted by Crippen LogP contribution is -1.83. The van der Waals surface area contributed by atoms with E-state index < -0.39 is 5.82 Å². The van der Waals surface area contributed by atoms with Gasteiger partial charge in [0, 0.05) is 0 Å². The van der Waals surface area contributed by atoms with Crippen molar-refractivity contribution >= 4 is 23.2 Å². The SMILES string of the molecule is Fc1ccc(-c2nc(CCl)no2)c(Cl)c1. The maximum atomic E-state index is 12.8. The van der Waals surface area contributed by atoms with Gasteiger partial charge in [-0.1, -0.05) is 16.8 Å². The first-order valence-corrected chi connectivity index (χ1v) is 4.96. The monoisotopic (exact) mass is 246 g/mol. The van der Waals surface area contributed by atoms with Crippen LogP contribution >= 0.6 is 23.2 Å². The predicted octanol–water partition coefficient (Wildman–Crippen LogP) is 3.27. The van der Waals surface area contributed by atoms with Gasteiger partial charge in [-0.15, -0.1) is 11.6 Å². The molecule has 2 aromatic rings. The van der Waals surface area contributed by atoms with Gasteiger partial charge in [0.25, 0.3) is 5.89 Å². The van der Waals surface area contributed by atoms with E-state index >= 15 is 0 Å². The first-order chi connectivity index (χ1) is 7.20. The van der Waals surface area contributed by atoms with Crippen LogP contribution in [0.2, 0.25) is 5.02 Å².